The molecule has 8 aromatic carbocycles. The summed E-state index contributed by atoms with van der Waals surface area (Å²) in [6, 6.07) is 78.0. The van der Waals surface area contributed by atoms with Crippen LogP contribution in [0.4, 0.5) is 0 Å². The van der Waals surface area contributed by atoms with Crippen molar-refractivity contribution in [3.63, 3.8) is 0 Å². The zero-order valence-corrected chi connectivity index (χ0v) is 46.7. The van der Waals surface area contributed by atoms with Crippen LogP contribution in [0.3, 0.4) is 0 Å². The molecule has 0 atom stereocenters. The molecular weight excluding hydrogens is 1120 g/mol. The molecule has 3 heterocycles. The fraction of sp³-hybridized carbons (Fsp3) is 0.155. The molecule has 0 N–H and O–H groups in total. The van der Waals surface area contributed by atoms with E-state index < -0.39 is 0 Å². The third-order valence-electron chi connectivity index (χ3n) is 13.5. The molecule has 11 rings (SSSR count). The molecule has 0 saturated carbocycles. The number of aryl methyl sites for hydroxylation is 1. The Morgan fingerprint density at radius 3 is 1.39 bits per heavy atom. The van der Waals surface area contributed by atoms with E-state index >= 15 is 0 Å². The van der Waals surface area contributed by atoms with Crippen molar-refractivity contribution in [2.75, 3.05) is 0 Å². The van der Waals surface area contributed by atoms with Gasteiger partial charge in [-0.25, -0.2) is 4.98 Å². The van der Waals surface area contributed by atoms with Crippen LogP contribution in [0.5, 0.6) is 0 Å². The van der Waals surface area contributed by atoms with Crippen molar-refractivity contribution >= 4 is 22.1 Å². The number of benzene rings is 8. The average Bonchev–Trinajstić information content (AvgIpc) is 3.85. The SMILES string of the molecule is Cc1cc(-c2[c-]ccc3c2oc2nc(-c4ccccc4)ccc23)ncc1-c1ccccc1-c1cc(-c2ccccc2-c2c[c-]c(CC(C)(C)C)cc2)cc(-c2ccccc2-c2c[c-]c(CC(C)(C)C)cc2)c1.[C-]#[O+].[C-]#[O+].[Ir+3]. The molecule has 6 heteroatoms. The maximum absolute atomic E-state index is 7.50. The molecule has 0 saturated heterocycles. The van der Waals surface area contributed by atoms with Crippen molar-refractivity contribution in [3.05, 3.63) is 242 Å². The van der Waals surface area contributed by atoms with Crippen LogP contribution < -0.4 is 0 Å². The van der Waals surface area contributed by atoms with E-state index in [9.17, 15) is 0 Å². The van der Waals surface area contributed by atoms with Gasteiger partial charge in [-0.1, -0.05) is 173 Å². The first kappa shape index (κ1) is 55.2. The van der Waals surface area contributed by atoms with Crippen molar-refractivity contribution in [2.45, 2.75) is 61.3 Å². The topological polar surface area (TPSA) is 78.7 Å². The smallest absolute Gasteiger partial charge is 3.00 e. The van der Waals surface area contributed by atoms with E-state index in [1.807, 2.05) is 30.5 Å². The maximum Gasteiger partial charge on any atom is 3.00 e. The molecule has 0 aliphatic rings. The van der Waals surface area contributed by atoms with Crippen molar-refractivity contribution in [3.8, 4) is 89.3 Å². The second-order valence-electron chi connectivity index (χ2n) is 21.6. The van der Waals surface area contributed by atoms with Crippen LogP contribution in [0.25, 0.3) is 111 Å². The normalized spacial score (nSPS) is 11.2. The van der Waals surface area contributed by atoms with Gasteiger partial charge in [-0.2, -0.15) is 59.7 Å². The molecule has 77 heavy (non-hydrogen) atoms. The number of furan rings is 1. The number of hydrogen-bond acceptors (Lipinski definition) is 3. The molecule has 0 bridgehead atoms. The number of fused-ring (bicyclic) bond motifs is 3. The van der Waals surface area contributed by atoms with Crippen LogP contribution >= 0.6 is 0 Å². The monoisotopic (exact) mass is 1180 g/mol. The Morgan fingerprint density at radius 2 is 0.922 bits per heavy atom. The predicted molar refractivity (Wildman–Crippen MR) is 308 cm³/mol. The van der Waals surface area contributed by atoms with Gasteiger partial charge in [0.25, 0.3) is 0 Å². The summed E-state index contributed by atoms with van der Waals surface area (Å²) in [5.74, 6) is 0. The summed E-state index contributed by atoms with van der Waals surface area (Å²) in [7, 11) is 0. The molecule has 0 aliphatic heterocycles. The van der Waals surface area contributed by atoms with Crippen LogP contribution in [-0.2, 0) is 42.3 Å². The molecule has 378 valence electrons. The van der Waals surface area contributed by atoms with Crippen LogP contribution in [0.2, 0.25) is 0 Å². The molecule has 0 aliphatic carbocycles. The van der Waals surface area contributed by atoms with Crippen LogP contribution in [0.1, 0.15) is 58.2 Å². The van der Waals surface area contributed by atoms with Gasteiger partial charge in [0, 0.05) is 22.7 Å². The van der Waals surface area contributed by atoms with Gasteiger partial charge in [0.2, 0.25) is 5.71 Å². The van der Waals surface area contributed by atoms with Crippen LogP contribution in [0, 0.1) is 49.3 Å². The van der Waals surface area contributed by atoms with Gasteiger partial charge in [0.1, 0.15) is 0 Å². The molecule has 0 spiro atoms. The Morgan fingerprint density at radius 1 is 0.455 bits per heavy atom. The van der Waals surface area contributed by atoms with Gasteiger partial charge >= 0.3 is 42.7 Å². The first-order chi connectivity index (χ1) is 36.8. The standard InChI is InChI=1S/C69H57N2O.2CO.Ir/c1-45-38-65(62-27-17-26-60-61-36-37-64(50-18-9-8-10-19-50)71-67(61)72-66(60)62)70-44-63(45)59-25-16-15-24-58(59)53-40-51(56-22-13-11-20-54(56)48-32-28-46(29-33-48)42-68(2,3)4)39-52(41-53)57-23-14-12-21-55(57)49-34-30-47(31-35-49)43-69(5,6)7;2*1-2;/h8-26,28,30,32-41,44H,42-43H2,1-7H3;;;/q-3;;;+3. The van der Waals surface area contributed by atoms with E-state index in [0.29, 0.717) is 5.71 Å². The molecule has 0 unspecified atom stereocenters. The first-order valence-electron chi connectivity index (χ1n) is 25.4. The van der Waals surface area contributed by atoms with Crippen molar-refractivity contribution in [1.82, 2.24) is 9.97 Å². The van der Waals surface area contributed by atoms with Crippen LogP contribution in [-0.4, -0.2) is 9.97 Å². The van der Waals surface area contributed by atoms with E-state index in [1.54, 1.807) is 0 Å². The van der Waals surface area contributed by atoms with E-state index in [-0.39, 0.29) is 30.9 Å². The van der Waals surface area contributed by atoms with Gasteiger partial charge in [-0.05, 0) is 111 Å². The number of hydrogen-bond donors (Lipinski definition) is 0. The van der Waals surface area contributed by atoms with Gasteiger partial charge in [-0.15, -0.1) is 29.3 Å². The minimum Gasteiger partial charge on any atom is 3.00 e. The number of nitrogens with zero attached hydrogens (tertiary/aromatic N) is 2. The fourth-order valence-electron chi connectivity index (χ4n) is 10.2. The fourth-order valence-corrected chi connectivity index (χ4v) is 10.2. The molecule has 0 radical (unpaired) electrons. The summed E-state index contributed by atoms with van der Waals surface area (Å²) >= 11 is 0. The molecule has 5 nitrogen and oxygen atoms in total. The van der Waals surface area contributed by atoms with Crippen molar-refractivity contribution in [2.24, 2.45) is 10.8 Å². The summed E-state index contributed by atoms with van der Waals surface area (Å²) in [5.41, 5.74) is 22.4. The van der Waals surface area contributed by atoms with Crippen molar-refractivity contribution in [1.29, 1.82) is 0 Å². The zero-order valence-electron chi connectivity index (χ0n) is 44.3. The Kier molecular flexibility index (Phi) is 17.1. The molecule has 0 fully saturated rings. The largest absolute Gasteiger partial charge is 3.00 e. The molecule has 0 amide bonds. The van der Waals surface area contributed by atoms with Gasteiger partial charge in [0.15, 0.2) is 0 Å². The Bertz CT molecular complexity index is 3750. The number of aromatic nitrogens is 2. The number of pyridine rings is 2. The second kappa shape index (κ2) is 23.9. The summed E-state index contributed by atoms with van der Waals surface area (Å²) < 4.78 is 21.6. The Labute approximate surface area is 466 Å². The van der Waals surface area contributed by atoms with Crippen LogP contribution in [0.15, 0.2) is 199 Å². The van der Waals surface area contributed by atoms with E-state index in [2.05, 4.69) is 244 Å². The van der Waals surface area contributed by atoms with Crippen molar-refractivity contribution < 1.29 is 33.8 Å². The third kappa shape index (κ3) is 12.3. The summed E-state index contributed by atoms with van der Waals surface area (Å²) in [5, 5.41) is 1.96. The minimum atomic E-state index is 0. The second-order valence-corrected chi connectivity index (χ2v) is 21.6. The van der Waals surface area contributed by atoms with Gasteiger partial charge in [-0.3, -0.25) is 0 Å². The van der Waals surface area contributed by atoms with E-state index in [1.165, 1.54) is 22.3 Å². The third-order valence-corrected chi connectivity index (χ3v) is 13.5. The summed E-state index contributed by atoms with van der Waals surface area (Å²) in [6.07, 6.45) is 3.95. The first-order valence-corrected chi connectivity index (χ1v) is 25.4. The summed E-state index contributed by atoms with van der Waals surface area (Å²) in [6.45, 7) is 24.8. The van der Waals surface area contributed by atoms with E-state index in [4.69, 9.17) is 23.7 Å². The van der Waals surface area contributed by atoms with Gasteiger partial charge in [0.05, 0.1) is 11.3 Å². The zero-order chi connectivity index (χ0) is 53.6. The van der Waals surface area contributed by atoms with Gasteiger partial charge < -0.3 is 9.40 Å². The molecule has 11 aromatic rings. The maximum atomic E-state index is 7.50. The molecular formula is C71H57IrN2O3. The average molecular weight is 1180 g/mol. The Hall–Kier alpha value is -8.01. The molecule has 3 aromatic heterocycles. The quantitative estimate of drug-likeness (QED) is 0.101. The summed E-state index contributed by atoms with van der Waals surface area (Å²) in [4.78, 5) is 10.1. The predicted octanol–water partition coefficient (Wildman–Crippen LogP) is 18.5. The minimum absolute atomic E-state index is 0. The Balaban J connectivity index is 0.00000153. The number of rotatable bonds is 10. The van der Waals surface area contributed by atoms with E-state index in [0.717, 1.165) is 113 Å².